The number of nitrogens with two attached hydrogens (primary N) is 3. The zero-order valence-corrected chi connectivity index (χ0v) is 60.5. The maximum Gasteiger partial charge on any atom is 0.245 e. The standard InChI is InChI=1S/C78H101FN16O9S/c1-47(96)69-77(104)93-63(40-50-22-15-23-54(79)36-50)70(97)84-32-14-12-27-60(83-34-35-105-46-51-37-57-56-25-16-29-59-68(56)53(44-87-59)42-67(57)95(2)45-51)71(98)88-62(30-17-33-85-78(81)82)72(99)90-64(38-48-18-5-3-6-19-48)74(101)91-65(39-49-20-7-4-8-21-49)75(102)92-66(41-52-43-86-58-26-10-9-24-55(52)58)76(103)89-61(73(100)94-69)28-11-13-31-80/h3-10,15-16,18-26,29,36,43-44,47,51,57,60-67,69,83,86-87,96H,11-14,17,27-28,30-35,37-42,45-46,80H2,1-2H3,(H,84,97)(H,88,98)(H,89,103)(H,90,99)(H,91,101)(H,92,102)(H,93,104)(H,94,100)(H4,81,82,85)/t47-,51-,57-,60-,61+,62+,63+,64+,65+,66-,67-,69+/m1/s1. The summed E-state index contributed by atoms with van der Waals surface area (Å²) in [5.41, 5.74) is 24.3. The predicted octanol–water partition coefficient (Wildman–Crippen LogP) is 3.67. The number of aliphatic hydroxyl groups excluding tert-OH is 1. The third kappa shape index (κ3) is 22.0. The molecular formula is C78H101FN16O9S. The van der Waals surface area contributed by atoms with E-state index in [9.17, 15) is 23.9 Å². The maximum absolute atomic E-state index is 15.4. The maximum atomic E-state index is 15.4. The fraction of sp³-hybridized carbons (Fsp3) is 0.449. The fourth-order valence-corrected chi connectivity index (χ4v) is 15.6. The number of aliphatic imine (C=N–C) groups is 1. The van der Waals surface area contributed by atoms with Gasteiger partial charge in [-0.1, -0.05) is 103 Å². The van der Waals surface area contributed by atoms with E-state index in [0.29, 0.717) is 78.1 Å². The van der Waals surface area contributed by atoms with Crippen LogP contribution in [0.15, 0.2) is 145 Å². The number of carbonyl (C=O) groups excluding carboxylic acids is 8. The number of rotatable bonds is 23. The Hall–Kier alpha value is -9.67. The van der Waals surface area contributed by atoms with Crippen LogP contribution in [-0.2, 0) is 70.5 Å². The minimum absolute atomic E-state index is 0.00698. The number of aliphatic hydroxyl groups is 1. The summed E-state index contributed by atoms with van der Waals surface area (Å²) in [4.78, 5) is 133. The molecule has 560 valence electrons. The predicted molar refractivity (Wildman–Crippen MR) is 406 cm³/mol. The molecule has 0 unspecified atom stereocenters. The van der Waals surface area contributed by atoms with Crippen LogP contribution < -0.4 is 65.1 Å². The number of fused-ring (bicyclic) bond motifs is 3. The number of piperidine rings is 1. The lowest BCUT2D eigenvalue weighted by Crippen LogP contribution is -2.62. The number of hydrogen-bond acceptors (Lipinski definition) is 14. The van der Waals surface area contributed by atoms with Gasteiger partial charge in [0.05, 0.1) is 12.1 Å². The van der Waals surface area contributed by atoms with Gasteiger partial charge in [-0.3, -0.25) is 43.3 Å². The van der Waals surface area contributed by atoms with E-state index in [2.05, 4.69) is 99.2 Å². The largest absolute Gasteiger partial charge is 0.391 e. The van der Waals surface area contributed by atoms with Gasteiger partial charge in [-0.2, -0.15) is 11.8 Å². The molecule has 105 heavy (non-hydrogen) atoms. The highest BCUT2D eigenvalue weighted by atomic mass is 32.2. The molecule has 0 radical (unpaired) electrons. The highest BCUT2D eigenvalue weighted by molar-refractivity contribution is 7.99. The summed E-state index contributed by atoms with van der Waals surface area (Å²) in [7, 11) is 2.22. The number of aromatic amines is 2. The molecule has 10 rings (SSSR count). The normalized spacial score (nSPS) is 24.1. The van der Waals surface area contributed by atoms with Gasteiger partial charge in [0.2, 0.25) is 47.3 Å². The van der Waals surface area contributed by atoms with Crippen molar-refractivity contribution in [2.24, 2.45) is 28.1 Å². The Bertz CT molecular complexity index is 4120. The van der Waals surface area contributed by atoms with Crippen molar-refractivity contribution in [2.45, 2.75) is 163 Å². The molecule has 2 aromatic heterocycles. The van der Waals surface area contributed by atoms with Gasteiger partial charge < -0.3 is 85.0 Å². The summed E-state index contributed by atoms with van der Waals surface area (Å²) in [6.07, 6.45) is 5.77. The zero-order valence-electron chi connectivity index (χ0n) is 59.7. The summed E-state index contributed by atoms with van der Waals surface area (Å²) in [6, 6.07) is 26.9. The SMILES string of the molecule is C[C@@H](O)[C@@H]1NC(=O)[C@H](CCCCN)NC(=O)[C@@H](Cc2c[nH]c3ccccc23)NC(=O)[C@H](Cc2ccccc2)NC(=O)[C@H](Cc2ccccc2)NC(=O)[C@H](CCCN=C(N)N)NC(=O)[C@H](NCCSC[C@@H]2C[C@@H]3c4cccc5[nH]cc(c45)C[C@H]3N(C)C2)CCCCNC(=O)[C@H](Cc2cccc(F)c2)NC1=O. The molecule has 1 aliphatic carbocycles. The van der Waals surface area contributed by atoms with Crippen LogP contribution in [0.4, 0.5) is 4.39 Å². The Kier molecular flexibility index (Phi) is 28.5. The van der Waals surface area contributed by atoms with Gasteiger partial charge in [-0.15, -0.1) is 0 Å². The smallest absolute Gasteiger partial charge is 0.245 e. The molecule has 3 aliphatic rings. The van der Waals surface area contributed by atoms with Crippen molar-refractivity contribution >= 4 is 86.8 Å². The number of benzene rings is 5. The number of hydrogen-bond donors (Lipinski definition) is 15. The molecule has 2 aliphatic heterocycles. The Labute approximate surface area is 615 Å². The molecule has 12 atom stereocenters. The van der Waals surface area contributed by atoms with Crippen LogP contribution in [0, 0.1) is 11.7 Å². The van der Waals surface area contributed by atoms with Gasteiger partial charge in [-0.05, 0) is 154 Å². The molecule has 2 saturated heterocycles. The molecular weight excluding hydrogens is 1360 g/mol. The van der Waals surface area contributed by atoms with E-state index in [1.807, 2.05) is 30.3 Å². The average Bonchev–Trinajstić information content (AvgIpc) is 1.68. The van der Waals surface area contributed by atoms with Crippen molar-refractivity contribution in [1.82, 2.24) is 62.7 Å². The number of amides is 8. The van der Waals surface area contributed by atoms with Crippen molar-refractivity contribution < 1.29 is 47.9 Å². The van der Waals surface area contributed by atoms with E-state index >= 15 is 24.0 Å². The minimum Gasteiger partial charge on any atom is -0.391 e. The first-order chi connectivity index (χ1) is 50.8. The molecule has 27 heteroatoms. The summed E-state index contributed by atoms with van der Waals surface area (Å²) in [6.45, 7) is 3.05. The van der Waals surface area contributed by atoms with E-state index in [1.165, 1.54) is 41.6 Å². The van der Waals surface area contributed by atoms with Crippen molar-refractivity contribution in [1.29, 1.82) is 0 Å². The second kappa shape index (κ2) is 38.4. The van der Waals surface area contributed by atoms with Crippen LogP contribution in [0.1, 0.15) is 104 Å². The lowest BCUT2D eigenvalue weighted by atomic mass is 9.73. The summed E-state index contributed by atoms with van der Waals surface area (Å²) >= 11 is 1.80. The number of aromatic nitrogens is 2. The molecule has 25 nitrogen and oxygen atoms in total. The fourth-order valence-electron chi connectivity index (χ4n) is 14.6. The first-order valence-corrected chi connectivity index (χ1v) is 37.8. The van der Waals surface area contributed by atoms with Crippen molar-refractivity contribution in [3.05, 3.63) is 179 Å². The molecule has 5 aromatic carbocycles. The van der Waals surface area contributed by atoms with Gasteiger partial charge in [0.15, 0.2) is 5.96 Å². The Morgan fingerprint density at radius 1 is 0.629 bits per heavy atom. The molecule has 7 aromatic rings. The second-order valence-electron chi connectivity index (χ2n) is 28.0. The Balaban J connectivity index is 0.960. The number of H-pyrrole nitrogens is 2. The first kappa shape index (κ1) is 77.9. The van der Waals surface area contributed by atoms with Gasteiger partial charge in [-0.25, -0.2) is 4.39 Å². The summed E-state index contributed by atoms with van der Waals surface area (Å²) in [5, 5.41) is 39.7. The Morgan fingerprint density at radius 2 is 1.20 bits per heavy atom. The lowest BCUT2D eigenvalue weighted by molar-refractivity contribution is -0.136. The Morgan fingerprint density at radius 3 is 1.88 bits per heavy atom. The summed E-state index contributed by atoms with van der Waals surface area (Å²) in [5.74, 6) is -4.51. The number of likely N-dealkylation sites (N-methyl/N-ethyl adjacent to an activating group) is 1. The highest BCUT2D eigenvalue weighted by Gasteiger charge is 2.41. The molecule has 8 amide bonds. The number of likely N-dealkylation sites (tertiary alicyclic amines) is 1. The monoisotopic (exact) mass is 1460 g/mol. The number of nitrogens with one attached hydrogen (secondary N) is 11. The van der Waals surface area contributed by atoms with E-state index < -0.39 is 108 Å². The molecule has 4 heterocycles. The van der Waals surface area contributed by atoms with Crippen LogP contribution in [0.5, 0.6) is 0 Å². The molecule has 0 spiro atoms. The highest BCUT2D eigenvalue weighted by Crippen LogP contribution is 2.45. The topological polar surface area (TPSA) is 390 Å². The van der Waals surface area contributed by atoms with Crippen molar-refractivity contribution in [3.8, 4) is 0 Å². The number of unbranched alkanes of at least 4 members (excludes halogenated alkanes) is 1. The lowest BCUT2D eigenvalue weighted by Gasteiger charge is -2.45. The second-order valence-corrected chi connectivity index (χ2v) is 29.1. The molecule has 0 saturated carbocycles. The number of para-hydroxylation sites is 1. The van der Waals surface area contributed by atoms with Crippen LogP contribution in [0.3, 0.4) is 0 Å². The van der Waals surface area contributed by atoms with E-state index in [1.54, 1.807) is 78.6 Å². The van der Waals surface area contributed by atoms with Gasteiger partial charge >= 0.3 is 0 Å². The van der Waals surface area contributed by atoms with Crippen LogP contribution in [-0.4, -0.2) is 185 Å². The molecule has 2 fully saturated rings. The van der Waals surface area contributed by atoms with Crippen molar-refractivity contribution in [3.63, 3.8) is 0 Å². The van der Waals surface area contributed by atoms with Gasteiger partial charge in [0, 0.05) is 104 Å². The third-order valence-electron chi connectivity index (χ3n) is 20.1. The van der Waals surface area contributed by atoms with E-state index in [4.69, 9.17) is 17.2 Å². The van der Waals surface area contributed by atoms with Gasteiger partial charge in [0.1, 0.15) is 48.1 Å². The number of nitrogens with zero attached hydrogens (tertiary/aromatic N) is 2. The van der Waals surface area contributed by atoms with Crippen LogP contribution >= 0.6 is 11.8 Å². The number of carbonyl (C=O) groups is 8. The number of thioether (sulfide) groups is 1. The van der Waals surface area contributed by atoms with E-state index in [0.717, 1.165) is 41.6 Å². The van der Waals surface area contributed by atoms with Crippen LogP contribution in [0.25, 0.3) is 21.8 Å². The summed E-state index contributed by atoms with van der Waals surface area (Å²) < 4.78 is 14.8. The average molecular weight is 1460 g/mol. The van der Waals surface area contributed by atoms with E-state index in [-0.39, 0.29) is 77.0 Å². The molecule has 0 bridgehead atoms. The number of guanidine groups is 1. The first-order valence-electron chi connectivity index (χ1n) is 36.6. The third-order valence-corrected chi connectivity index (χ3v) is 21.3. The quantitative estimate of drug-likeness (QED) is 0.0247. The van der Waals surface area contributed by atoms with Crippen LogP contribution in [0.2, 0.25) is 0 Å². The molecule has 18 N–H and O–H groups in total. The van der Waals surface area contributed by atoms with Crippen molar-refractivity contribution in [2.75, 3.05) is 51.3 Å². The zero-order chi connectivity index (χ0) is 74.4. The van der Waals surface area contributed by atoms with Gasteiger partial charge in [0.25, 0.3) is 0 Å². The number of halogens is 1. The minimum atomic E-state index is -1.70.